The van der Waals surface area contributed by atoms with Crippen molar-refractivity contribution in [2.75, 3.05) is 53.0 Å². The first-order valence-corrected chi connectivity index (χ1v) is 11.0. The number of primary amides is 1. The molecule has 0 spiro atoms. The molecule has 0 saturated carbocycles. The number of hydrogen-bond acceptors (Lipinski definition) is 5. The number of guanidine groups is 1. The number of morpholine rings is 1. The lowest BCUT2D eigenvalue weighted by Crippen LogP contribution is -2.50. The fraction of sp³-hybridized carbons (Fsp3) is 0.700. The van der Waals surface area contributed by atoms with E-state index in [9.17, 15) is 4.79 Å². The Bertz CT molecular complexity index is 678. The second kappa shape index (κ2) is 12.1. The van der Waals surface area contributed by atoms with Crippen LogP contribution < -0.4 is 11.1 Å². The van der Waals surface area contributed by atoms with Crippen LogP contribution in [0.1, 0.15) is 35.1 Å². The lowest BCUT2D eigenvalue weighted by Gasteiger charge is -2.37. The number of piperidine rings is 1. The fourth-order valence-electron chi connectivity index (χ4n) is 4.16. The molecule has 2 atom stereocenters. The molecule has 0 radical (unpaired) electrons. The van der Waals surface area contributed by atoms with E-state index in [-0.39, 0.29) is 29.9 Å². The average molecular weight is 535 g/mol. The molecule has 1 aromatic rings. The Morgan fingerprint density at radius 2 is 2.14 bits per heavy atom. The molecule has 2 aliphatic heterocycles. The van der Waals surface area contributed by atoms with Gasteiger partial charge in [0.25, 0.3) is 0 Å². The molecule has 3 N–H and O–H groups in total. The van der Waals surface area contributed by atoms with Gasteiger partial charge in [-0.05, 0) is 37.8 Å². The molecule has 2 saturated heterocycles. The van der Waals surface area contributed by atoms with Crippen molar-refractivity contribution in [2.24, 2.45) is 16.6 Å². The van der Waals surface area contributed by atoms with Gasteiger partial charge in [0.15, 0.2) is 5.96 Å². The second-order valence-electron chi connectivity index (χ2n) is 7.67. The molecular weight excluding hydrogens is 501 g/mol. The molecule has 7 nitrogen and oxygen atoms in total. The minimum Gasteiger partial charge on any atom is -0.379 e. The predicted octanol–water partition coefficient (Wildman–Crippen LogP) is 2.21. The van der Waals surface area contributed by atoms with Crippen LogP contribution in [0.2, 0.25) is 0 Å². The first-order valence-electron chi connectivity index (χ1n) is 10.2. The number of carbonyl (C=O) groups excluding carboxylic acids is 1. The van der Waals surface area contributed by atoms with Gasteiger partial charge in [0, 0.05) is 55.9 Å². The zero-order chi connectivity index (χ0) is 19.9. The van der Waals surface area contributed by atoms with E-state index in [1.54, 1.807) is 0 Å². The van der Waals surface area contributed by atoms with Crippen molar-refractivity contribution in [3.8, 4) is 0 Å². The first-order chi connectivity index (χ1) is 13.6. The highest BCUT2D eigenvalue weighted by Crippen LogP contribution is 2.28. The van der Waals surface area contributed by atoms with Crippen LogP contribution in [0.5, 0.6) is 0 Å². The fourth-order valence-corrected chi connectivity index (χ4v) is 5.17. The van der Waals surface area contributed by atoms with Crippen molar-refractivity contribution >= 4 is 47.2 Å². The van der Waals surface area contributed by atoms with Crippen LogP contribution in [0.15, 0.2) is 17.1 Å². The number of likely N-dealkylation sites (tertiary alicyclic amines) is 1. The van der Waals surface area contributed by atoms with Gasteiger partial charge in [-0.25, -0.2) is 0 Å². The number of nitrogens with one attached hydrogen (secondary N) is 1. The van der Waals surface area contributed by atoms with Crippen molar-refractivity contribution in [3.05, 3.63) is 21.9 Å². The number of nitrogens with two attached hydrogens (primary N) is 1. The van der Waals surface area contributed by atoms with Gasteiger partial charge in [-0.1, -0.05) is 0 Å². The van der Waals surface area contributed by atoms with Crippen molar-refractivity contribution in [1.82, 2.24) is 15.1 Å². The average Bonchev–Trinajstić information content (AvgIpc) is 3.11. The summed E-state index contributed by atoms with van der Waals surface area (Å²) in [4.78, 5) is 23.3. The zero-order valence-corrected chi connectivity index (χ0v) is 20.6. The van der Waals surface area contributed by atoms with Gasteiger partial charge < -0.3 is 20.7 Å². The third kappa shape index (κ3) is 7.08. The molecule has 1 aromatic heterocycles. The van der Waals surface area contributed by atoms with Crippen LogP contribution in [0.25, 0.3) is 0 Å². The Morgan fingerprint density at radius 1 is 1.38 bits per heavy atom. The molecule has 9 heteroatoms. The van der Waals surface area contributed by atoms with Gasteiger partial charge in [-0.15, -0.1) is 35.3 Å². The Labute approximate surface area is 195 Å². The minimum atomic E-state index is -0.213. The molecular formula is C20H34IN5O2S. The molecule has 0 aromatic carbocycles. The molecule has 29 heavy (non-hydrogen) atoms. The summed E-state index contributed by atoms with van der Waals surface area (Å²) in [5.74, 6) is 1.02. The van der Waals surface area contributed by atoms with Gasteiger partial charge in [0.1, 0.15) is 0 Å². The van der Waals surface area contributed by atoms with Gasteiger partial charge >= 0.3 is 0 Å². The number of amides is 1. The van der Waals surface area contributed by atoms with Crippen LogP contribution in [0.4, 0.5) is 0 Å². The Kier molecular flexibility index (Phi) is 10.1. The van der Waals surface area contributed by atoms with Crippen molar-refractivity contribution in [3.63, 3.8) is 0 Å². The molecule has 2 unspecified atom stereocenters. The molecule has 164 valence electrons. The lowest BCUT2D eigenvalue weighted by atomic mass is 9.95. The Hall–Kier alpha value is -0.910. The summed E-state index contributed by atoms with van der Waals surface area (Å²) in [6, 6.07) is 4.75. The van der Waals surface area contributed by atoms with E-state index in [2.05, 4.69) is 39.2 Å². The Morgan fingerprint density at radius 3 is 2.76 bits per heavy atom. The third-order valence-electron chi connectivity index (χ3n) is 5.55. The first kappa shape index (κ1) is 24.4. The summed E-state index contributed by atoms with van der Waals surface area (Å²) in [6.07, 6.45) is 2.58. The highest BCUT2D eigenvalue weighted by atomic mass is 127. The van der Waals surface area contributed by atoms with E-state index in [4.69, 9.17) is 10.5 Å². The van der Waals surface area contributed by atoms with Crippen LogP contribution in [0.3, 0.4) is 0 Å². The SMILES string of the molecule is CN=C(NCC(c1ccc(C)s1)N1CCOCC1)N1CCCC(CC(N)=O)C1.I. The molecule has 0 aliphatic carbocycles. The maximum Gasteiger partial charge on any atom is 0.217 e. The van der Waals surface area contributed by atoms with Crippen LogP contribution in [-0.4, -0.2) is 74.7 Å². The van der Waals surface area contributed by atoms with E-state index in [1.807, 2.05) is 18.4 Å². The monoisotopic (exact) mass is 535 g/mol. The van der Waals surface area contributed by atoms with E-state index in [1.165, 1.54) is 9.75 Å². The minimum absolute atomic E-state index is 0. The Balaban J connectivity index is 0.00000300. The highest BCUT2D eigenvalue weighted by Gasteiger charge is 2.27. The number of aryl methyl sites for hydroxylation is 1. The van der Waals surface area contributed by atoms with E-state index in [0.29, 0.717) is 18.4 Å². The number of aliphatic imine (C=N–C) groups is 1. The third-order valence-corrected chi connectivity index (χ3v) is 6.65. The number of rotatable bonds is 6. The van der Waals surface area contributed by atoms with Crippen molar-refractivity contribution < 1.29 is 9.53 Å². The van der Waals surface area contributed by atoms with Gasteiger partial charge in [-0.2, -0.15) is 0 Å². The molecule has 3 rings (SSSR count). The summed E-state index contributed by atoms with van der Waals surface area (Å²) in [6.45, 7) is 8.25. The predicted molar refractivity (Wildman–Crippen MR) is 129 cm³/mol. The summed E-state index contributed by atoms with van der Waals surface area (Å²) in [5.41, 5.74) is 5.41. The van der Waals surface area contributed by atoms with Gasteiger partial charge in [0.2, 0.25) is 5.91 Å². The summed E-state index contributed by atoms with van der Waals surface area (Å²) in [7, 11) is 1.83. The highest BCUT2D eigenvalue weighted by molar-refractivity contribution is 14.0. The molecule has 3 heterocycles. The summed E-state index contributed by atoms with van der Waals surface area (Å²) >= 11 is 1.86. The largest absolute Gasteiger partial charge is 0.379 e. The van der Waals surface area contributed by atoms with E-state index in [0.717, 1.165) is 64.7 Å². The van der Waals surface area contributed by atoms with Crippen molar-refractivity contribution in [1.29, 1.82) is 0 Å². The van der Waals surface area contributed by atoms with Gasteiger partial charge in [-0.3, -0.25) is 14.7 Å². The topological polar surface area (TPSA) is 83.2 Å². The quantitative estimate of drug-likeness (QED) is 0.332. The zero-order valence-electron chi connectivity index (χ0n) is 17.4. The normalized spacial score (nSPS) is 22.1. The van der Waals surface area contributed by atoms with Crippen LogP contribution >= 0.6 is 35.3 Å². The lowest BCUT2D eigenvalue weighted by molar-refractivity contribution is -0.119. The molecule has 0 bridgehead atoms. The van der Waals surface area contributed by atoms with Gasteiger partial charge in [0.05, 0.1) is 19.3 Å². The van der Waals surface area contributed by atoms with Crippen LogP contribution in [0, 0.1) is 12.8 Å². The number of ether oxygens (including phenoxy) is 1. The number of thiophene rings is 1. The molecule has 1 amide bonds. The molecule has 2 aliphatic rings. The number of carbonyl (C=O) groups is 1. The van der Waals surface area contributed by atoms with Crippen LogP contribution in [-0.2, 0) is 9.53 Å². The number of halogens is 1. The maximum absolute atomic E-state index is 11.3. The number of nitrogens with zero attached hydrogens (tertiary/aromatic N) is 3. The standard InChI is InChI=1S/C20H33N5O2S.HI/c1-15-5-6-18(28-15)17(24-8-10-27-11-9-24)13-23-20(22-2)25-7-3-4-16(14-25)12-19(21)26;/h5-6,16-17H,3-4,7-14H2,1-2H3,(H2,21,26)(H,22,23);1H. The summed E-state index contributed by atoms with van der Waals surface area (Å²) in [5, 5.41) is 3.60. The van der Waals surface area contributed by atoms with Crippen molar-refractivity contribution in [2.45, 2.75) is 32.2 Å². The molecule has 2 fully saturated rings. The summed E-state index contributed by atoms with van der Waals surface area (Å²) < 4.78 is 5.55. The smallest absolute Gasteiger partial charge is 0.217 e. The van der Waals surface area contributed by atoms with E-state index >= 15 is 0 Å². The van der Waals surface area contributed by atoms with E-state index < -0.39 is 0 Å². The second-order valence-corrected chi connectivity index (χ2v) is 8.98. The maximum atomic E-state index is 11.3. The number of hydrogen-bond donors (Lipinski definition) is 2.